The molecular formula is C19H21N3OS. The number of nitrogens with zero attached hydrogens (tertiary/aromatic N) is 1. The summed E-state index contributed by atoms with van der Waals surface area (Å²) in [6, 6.07) is 16.1. The molecule has 0 saturated heterocycles. The van der Waals surface area contributed by atoms with Gasteiger partial charge in [-0.25, -0.2) is 0 Å². The first kappa shape index (κ1) is 16.5. The Kier molecular flexibility index (Phi) is 5.43. The van der Waals surface area contributed by atoms with Crippen LogP contribution in [0.2, 0.25) is 0 Å². The van der Waals surface area contributed by atoms with Gasteiger partial charge in [0.2, 0.25) is 0 Å². The highest BCUT2D eigenvalue weighted by Crippen LogP contribution is 2.21. The van der Waals surface area contributed by atoms with Crippen molar-refractivity contribution in [1.82, 2.24) is 5.43 Å². The van der Waals surface area contributed by atoms with Crippen LogP contribution in [0.1, 0.15) is 30.4 Å². The van der Waals surface area contributed by atoms with Gasteiger partial charge >= 0.3 is 0 Å². The highest BCUT2D eigenvalue weighted by Gasteiger charge is 2.13. The number of anilines is 1. The average Bonchev–Trinajstić information content (AvgIpc) is 2.82. The van der Waals surface area contributed by atoms with Crippen LogP contribution in [0.4, 0.5) is 5.69 Å². The molecule has 0 aliphatic heterocycles. The summed E-state index contributed by atoms with van der Waals surface area (Å²) in [6.45, 7) is 0. The number of rotatable bonds is 3. The number of benzene rings is 2. The third-order valence-corrected chi connectivity index (χ3v) is 4.25. The van der Waals surface area contributed by atoms with Gasteiger partial charge in [0.25, 0.3) is 0 Å². The van der Waals surface area contributed by atoms with Gasteiger partial charge in [-0.1, -0.05) is 30.3 Å². The maximum atomic E-state index is 5.35. The Labute approximate surface area is 147 Å². The van der Waals surface area contributed by atoms with E-state index in [2.05, 4.69) is 40.1 Å². The molecule has 0 fully saturated rings. The van der Waals surface area contributed by atoms with Crippen molar-refractivity contribution in [1.29, 1.82) is 0 Å². The fourth-order valence-electron chi connectivity index (χ4n) is 2.86. The molecule has 0 spiro atoms. The van der Waals surface area contributed by atoms with Gasteiger partial charge < -0.3 is 10.1 Å². The van der Waals surface area contributed by atoms with Crippen molar-refractivity contribution < 1.29 is 4.74 Å². The number of nitrogens with one attached hydrogen (secondary N) is 2. The van der Waals surface area contributed by atoms with Gasteiger partial charge in [-0.2, -0.15) is 5.10 Å². The Bertz CT molecular complexity index is 758. The average molecular weight is 339 g/mol. The van der Waals surface area contributed by atoms with Crippen molar-refractivity contribution in [3.63, 3.8) is 0 Å². The first-order valence-corrected chi connectivity index (χ1v) is 8.53. The number of hydrazone groups is 1. The van der Waals surface area contributed by atoms with Crippen LogP contribution in [0.25, 0.3) is 0 Å². The zero-order chi connectivity index (χ0) is 16.8. The van der Waals surface area contributed by atoms with Gasteiger partial charge in [0.05, 0.1) is 12.8 Å². The highest BCUT2D eigenvalue weighted by molar-refractivity contribution is 7.80. The molecule has 0 bridgehead atoms. The number of hydrogen-bond acceptors (Lipinski definition) is 3. The van der Waals surface area contributed by atoms with Crippen LogP contribution in [0, 0.1) is 0 Å². The summed E-state index contributed by atoms with van der Waals surface area (Å²) in [4.78, 5) is 0. The van der Waals surface area contributed by atoms with E-state index in [0.29, 0.717) is 5.11 Å². The van der Waals surface area contributed by atoms with Crippen LogP contribution in [-0.2, 0) is 6.42 Å². The van der Waals surface area contributed by atoms with Crippen LogP contribution >= 0.6 is 12.2 Å². The summed E-state index contributed by atoms with van der Waals surface area (Å²) in [6.07, 6.45) is 4.42. The van der Waals surface area contributed by atoms with E-state index in [1.165, 1.54) is 17.5 Å². The lowest BCUT2D eigenvalue weighted by atomic mass is 10.0. The number of ether oxygens (including phenoxy) is 1. The van der Waals surface area contributed by atoms with Crippen LogP contribution in [0.15, 0.2) is 53.6 Å². The van der Waals surface area contributed by atoms with Gasteiger partial charge in [-0.15, -0.1) is 0 Å². The van der Waals surface area contributed by atoms with Crippen molar-refractivity contribution >= 4 is 28.7 Å². The van der Waals surface area contributed by atoms with E-state index in [1.54, 1.807) is 7.11 Å². The van der Waals surface area contributed by atoms with Gasteiger partial charge in [0.1, 0.15) is 5.75 Å². The fraction of sp³-hybridized carbons (Fsp3) is 0.263. The highest BCUT2D eigenvalue weighted by atomic mass is 32.1. The Hall–Kier alpha value is -2.40. The zero-order valence-electron chi connectivity index (χ0n) is 13.7. The molecule has 1 aliphatic carbocycles. The lowest BCUT2D eigenvalue weighted by Crippen LogP contribution is -2.25. The van der Waals surface area contributed by atoms with Gasteiger partial charge in [-0.05, 0) is 55.6 Å². The van der Waals surface area contributed by atoms with E-state index in [0.717, 1.165) is 36.4 Å². The smallest absolute Gasteiger partial charge is 0.191 e. The predicted octanol–water partition coefficient (Wildman–Crippen LogP) is 4.11. The topological polar surface area (TPSA) is 45.6 Å². The molecule has 2 N–H and O–H groups in total. The molecule has 0 heterocycles. The largest absolute Gasteiger partial charge is 0.497 e. The summed E-state index contributed by atoms with van der Waals surface area (Å²) in [7, 11) is 1.64. The van der Waals surface area contributed by atoms with Crippen molar-refractivity contribution in [2.24, 2.45) is 5.10 Å². The number of fused-ring (bicyclic) bond motifs is 1. The first-order chi connectivity index (χ1) is 11.8. The minimum atomic E-state index is 0.470. The molecule has 124 valence electrons. The van der Waals surface area contributed by atoms with Gasteiger partial charge in [0, 0.05) is 17.3 Å². The van der Waals surface area contributed by atoms with Crippen LogP contribution in [-0.4, -0.2) is 17.9 Å². The Morgan fingerprint density at radius 2 is 1.92 bits per heavy atom. The van der Waals surface area contributed by atoms with E-state index < -0.39 is 0 Å². The Morgan fingerprint density at radius 1 is 1.08 bits per heavy atom. The van der Waals surface area contributed by atoms with Crippen molar-refractivity contribution in [3.8, 4) is 5.75 Å². The molecule has 4 nitrogen and oxygen atoms in total. The minimum Gasteiger partial charge on any atom is -0.497 e. The second-order valence-corrected chi connectivity index (χ2v) is 6.13. The second kappa shape index (κ2) is 7.93. The molecule has 2 aromatic rings. The number of aryl methyl sites for hydroxylation is 1. The fourth-order valence-corrected chi connectivity index (χ4v) is 3.02. The Morgan fingerprint density at radius 3 is 2.79 bits per heavy atom. The van der Waals surface area contributed by atoms with E-state index in [9.17, 15) is 0 Å². The molecule has 0 saturated carbocycles. The molecule has 5 heteroatoms. The molecule has 0 radical (unpaired) electrons. The van der Waals surface area contributed by atoms with E-state index in [1.807, 2.05) is 24.3 Å². The lowest BCUT2D eigenvalue weighted by Gasteiger charge is -2.11. The maximum absolute atomic E-state index is 5.35. The predicted molar refractivity (Wildman–Crippen MR) is 103 cm³/mol. The summed E-state index contributed by atoms with van der Waals surface area (Å²) >= 11 is 5.35. The summed E-state index contributed by atoms with van der Waals surface area (Å²) in [5, 5.41) is 8.15. The summed E-state index contributed by atoms with van der Waals surface area (Å²) in [5.74, 6) is 0.784. The quantitative estimate of drug-likeness (QED) is 0.502. The first-order valence-electron chi connectivity index (χ1n) is 8.12. The summed E-state index contributed by atoms with van der Waals surface area (Å²) < 4.78 is 5.21. The summed E-state index contributed by atoms with van der Waals surface area (Å²) in [5.41, 5.74) is 7.50. The van der Waals surface area contributed by atoms with Crippen molar-refractivity contribution in [2.45, 2.75) is 25.7 Å². The molecule has 0 amide bonds. The molecular weight excluding hydrogens is 318 g/mol. The third-order valence-electron chi connectivity index (χ3n) is 4.06. The molecule has 2 aromatic carbocycles. The van der Waals surface area contributed by atoms with Crippen molar-refractivity contribution in [3.05, 3.63) is 59.7 Å². The molecule has 1 aliphatic rings. The lowest BCUT2D eigenvalue weighted by molar-refractivity contribution is 0.415. The van der Waals surface area contributed by atoms with Crippen molar-refractivity contribution in [2.75, 3.05) is 12.4 Å². The van der Waals surface area contributed by atoms with E-state index in [4.69, 9.17) is 17.0 Å². The number of hydrogen-bond donors (Lipinski definition) is 2. The second-order valence-electron chi connectivity index (χ2n) is 5.72. The molecule has 24 heavy (non-hydrogen) atoms. The van der Waals surface area contributed by atoms with Crippen LogP contribution in [0.3, 0.4) is 0 Å². The van der Waals surface area contributed by atoms with E-state index in [-0.39, 0.29) is 0 Å². The zero-order valence-corrected chi connectivity index (χ0v) is 14.5. The molecule has 0 atom stereocenters. The molecule has 0 aromatic heterocycles. The normalized spacial score (nSPS) is 15.3. The molecule has 3 rings (SSSR count). The van der Waals surface area contributed by atoms with E-state index >= 15 is 0 Å². The SMILES string of the molecule is COc1cccc(NC(=S)N/N=C2\CCCCc3ccccc32)c1. The minimum absolute atomic E-state index is 0.470. The number of methoxy groups -OCH3 is 1. The third kappa shape index (κ3) is 4.11. The van der Waals surface area contributed by atoms with Crippen LogP contribution in [0.5, 0.6) is 5.75 Å². The van der Waals surface area contributed by atoms with Gasteiger partial charge in [0.15, 0.2) is 5.11 Å². The Balaban J connectivity index is 1.69. The standard InChI is InChI=1S/C19H21N3OS/c1-23-16-10-6-9-15(13-16)20-19(24)22-21-18-12-5-3-8-14-7-2-4-11-17(14)18/h2,4,6-7,9-11,13H,3,5,8,12H2,1H3,(H2,20,22,24)/b21-18+. The monoisotopic (exact) mass is 339 g/mol. The molecule has 0 unspecified atom stereocenters. The number of thiocarbonyl (C=S) groups is 1. The van der Waals surface area contributed by atoms with Crippen LogP contribution < -0.4 is 15.5 Å². The van der Waals surface area contributed by atoms with Gasteiger partial charge in [-0.3, -0.25) is 5.43 Å². The maximum Gasteiger partial charge on any atom is 0.191 e.